The highest BCUT2D eigenvalue weighted by atomic mass is 35.5. The molecular weight excluding hydrogens is 366 g/mol. The molecule has 0 N–H and O–H groups in total. The number of rotatable bonds is 5. The van der Waals surface area contributed by atoms with E-state index in [1.54, 1.807) is 23.5 Å². The van der Waals surface area contributed by atoms with Crippen LogP contribution in [0.1, 0.15) is 0 Å². The van der Waals surface area contributed by atoms with Gasteiger partial charge in [-0.3, -0.25) is 0 Å². The summed E-state index contributed by atoms with van der Waals surface area (Å²) < 4.78 is 0. The van der Waals surface area contributed by atoms with E-state index in [2.05, 4.69) is 17.5 Å². The van der Waals surface area contributed by atoms with Gasteiger partial charge < -0.3 is 0 Å². The van der Waals surface area contributed by atoms with Gasteiger partial charge in [-0.15, -0.1) is 0 Å². The first-order valence-corrected chi connectivity index (χ1v) is 9.82. The van der Waals surface area contributed by atoms with E-state index >= 15 is 0 Å². The molecule has 0 unspecified atom stereocenters. The molecule has 0 radical (unpaired) electrons. The van der Waals surface area contributed by atoms with Gasteiger partial charge in [-0.2, -0.15) is 0 Å². The predicted molar refractivity (Wildman–Crippen MR) is 112 cm³/mol. The first kappa shape index (κ1) is 17.9. The van der Waals surface area contributed by atoms with E-state index in [-0.39, 0.29) is 0 Å². The van der Waals surface area contributed by atoms with Crippen LogP contribution in [0, 0.1) is 0 Å². The van der Waals surface area contributed by atoms with Crippen molar-refractivity contribution in [1.82, 2.24) is 0 Å². The molecule has 0 aliphatic rings. The van der Waals surface area contributed by atoms with E-state index in [9.17, 15) is 0 Å². The van der Waals surface area contributed by atoms with Crippen LogP contribution < -0.4 is 0 Å². The molecule has 0 fully saturated rings. The average Bonchev–Trinajstić information content (AvgIpc) is 2.65. The first-order valence-electron chi connectivity index (χ1n) is 7.75. The summed E-state index contributed by atoms with van der Waals surface area (Å²) in [6.45, 7) is 0. The van der Waals surface area contributed by atoms with Crippen molar-refractivity contribution in [3.05, 3.63) is 101 Å². The molecule has 1 nitrogen and oxygen atoms in total. The smallest absolute Gasteiger partial charge is 0.102 e. The number of benzene rings is 3. The minimum atomic E-state index is 0.737. The third kappa shape index (κ3) is 6.13. The quantitative estimate of drug-likeness (QED) is 0.258. The highest BCUT2D eigenvalue weighted by molar-refractivity contribution is 8.14. The SMILES string of the molecule is Clc1ccc(SC(C=CSc2ccccc2)=Nc2ccccc2)cc1. The van der Waals surface area contributed by atoms with Gasteiger partial charge in [0, 0.05) is 14.8 Å². The van der Waals surface area contributed by atoms with Gasteiger partial charge in [0.1, 0.15) is 5.04 Å². The normalized spacial score (nSPS) is 11.8. The van der Waals surface area contributed by atoms with Gasteiger partial charge in [-0.1, -0.05) is 71.5 Å². The lowest BCUT2D eigenvalue weighted by Gasteiger charge is -2.03. The van der Waals surface area contributed by atoms with Crippen LogP contribution in [0.25, 0.3) is 0 Å². The summed E-state index contributed by atoms with van der Waals surface area (Å²) in [6.07, 6.45) is 2.05. The van der Waals surface area contributed by atoms with E-state index in [0.29, 0.717) is 0 Å². The van der Waals surface area contributed by atoms with Crippen molar-refractivity contribution in [2.24, 2.45) is 4.99 Å². The second kappa shape index (κ2) is 9.52. The van der Waals surface area contributed by atoms with Gasteiger partial charge in [-0.05, 0) is 60.0 Å². The van der Waals surface area contributed by atoms with Gasteiger partial charge in [0.05, 0.1) is 5.69 Å². The maximum atomic E-state index is 5.97. The molecule has 0 heterocycles. The van der Waals surface area contributed by atoms with Crippen LogP contribution in [0.3, 0.4) is 0 Å². The lowest BCUT2D eigenvalue weighted by molar-refractivity contribution is 1.47. The van der Waals surface area contributed by atoms with Crippen LogP contribution in [0.5, 0.6) is 0 Å². The number of nitrogens with zero attached hydrogens (tertiary/aromatic N) is 1. The van der Waals surface area contributed by atoms with Gasteiger partial charge in [0.15, 0.2) is 0 Å². The van der Waals surface area contributed by atoms with Crippen LogP contribution in [0.15, 0.2) is 111 Å². The summed E-state index contributed by atoms with van der Waals surface area (Å²) in [5, 5.41) is 3.73. The number of hydrogen-bond donors (Lipinski definition) is 0. The fourth-order valence-corrected chi connectivity index (χ4v) is 3.70. The average molecular weight is 382 g/mol. The molecule has 3 aromatic carbocycles. The monoisotopic (exact) mass is 381 g/mol. The third-order valence-corrected chi connectivity index (χ3v) is 5.20. The van der Waals surface area contributed by atoms with E-state index in [0.717, 1.165) is 20.6 Å². The van der Waals surface area contributed by atoms with E-state index < -0.39 is 0 Å². The summed E-state index contributed by atoms with van der Waals surface area (Å²) in [5.41, 5.74) is 0.938. The predicted octanol–water partition coefficient (Wildman–Crippen LogP) is 7.47. The molecule has 0 saturated carbocycles. The Morgan fingerprint density at radius 3 is 2.08 bits per heavy atom. The third-order valence-electron chi connectivity index (χ3n) is 3.19. The summed E-state index contributed by atoms with van der Waals surface area (Å²) in [4.78, 5) is 7.06. The molecule has 0 aromatic heterocycles. The molecule has 124 valence electrons. The Morgan fingerprint density at radius 2 is 1.40 bits per heavy atom. The van der Waals surface area contributed by atoms with Crippen LogP contribution in [0.4, 0.5) is 5.69 Å². The molecule has 0 saturated heterocycles. The molecule has 0 amide bonds. The summed E-state index contributed by atoms with van der Waals surface area (Å²) in [7, 11) is 0. The Hall–Kier alpha value is -1.94. The molecule has 0 spiro atoms. The van der Waals surface area contributed by atoms with E-state index in [4.69, 9.17) is 16.6 Å². The fraction of sp³-hybridized carbons (Fsp3) is 0. The number of halogens is 1. The molecule has 3 rings (SSSR count). The van der Waals surface area contributed by atoms with Crippen LogP contribution in [0.2, 0.25) is 5.02 Å². The molecule has 0 aliphatic carbocycles. The maximum absolute atomic E-state index is 5.97. The minimum absolute atomic E-state index is 0.737. The molecule has 0 atom stereocenters. The molecule has 25 heavy (non-hydrogen) atoms. The van der Waals surface area contributed by atoms with Crippen LogP contribution >= 0.6 is 35.1 Å². The van der Waals surface area contributed by atoms with Gasteiger partial charge in [0.2, 0.25) is 0 Å². The zero-order valence-corrected chi connectivity index (χ0v) is 15.8. The number of hydrogen-bond acceptors (Lipinski definition) is 3. The molecule has 0 aliphatic heterocycles. The highest BCUT2D eigenvalue weighted by Crippen LogP contribution is 2.26. The Labute approximate surface area is 161 Å². The maximum Gasteiger partial charge on any atom is 0.102 e. The van der Waals surface area contributed by atoms with Crippen molar-refractivity contribution in [2.75, 3.05) is 0 Å². The Morgan fingerprint density at radius 1 is 0.760 bits per heavy atom. The second-order valence-corrected chi connectivity index (χ2v) is 7.58. The van der Waals surface area contributed by atoms with Gasteiger partial charge in [0.25, 0.3) is 0 Å². The van der Waals surface area contributed by atoms with Gasteiger partial charge in [-0.25, -0.2) is 4.99 Å². The highest BCUT2D eigenvalue weighted by Gasteiger charge is 2.01. The summed E-state index contributed by atoms with van der Waals surface area (Å²) >= 11 is 9.27. The summed E-state index contributed by atoms with van der Waals surface area (Å²) in [5.74, 6) is 0. The van der Waals surface area contributed by atoms with Crippen molar-refractivity contribution in [3.8, 4) is 0 Å². The Balaban J connectivity index is 1.78. The number of para-hydroxylation sites is 1. The molecule has 4 heteroatoms. The first-order chi connectivity index (χ1) is 12.3. The van der Waals surface area contributed by atoms with Crippen molar-refractivity contribution in [1.29, 1.82) is 0 Å². The lowest BCUT2D eigenvalue weighted by atomic mass is 10.3. The van der Waals surface area contributed by atoms with Gasteiger partial charge >= 0.3 is 0 Å². The van der Waals surface area contributed by atoms with Crippen LogP contribution in [-0.4, -0.2) is 5.04 Å². The standard InChI is InChI=1S/C21H16ClNS2/c22-17-11-13-20(14-12-17)25-21(23-18-7-3-1-4-8-18)15-16-24-19-9-5-2-6-10-19/h1-16H. The Bertz CT molecular complexity index is 844. The summed E-state index contributed by atoms with van der Waals surface area (Å²) in [6, 6.07) is 28.1. The van der Waals surface area contributed by atoms with E-state index in [1.165, 1.54) is 4.90 Å². The molecule has 3 aromatic rings. The topological polar surface area (TPSA) is 12.4 Å². The van der Waals surface area contributed by atoms with E-state index in [1.807, 2.05) is 78.9 Å². The second-order valence-electron chi connectivity index (χ2n) is 5.08. The number of thioether (sulfide) groups is 2. The molecule has 0 bridgehead atoms. The van der Waals surface area contributed by atoms with Crippen molar-refractivity contribution >= 4 is 45.9 Å². The Kier molecular flexibility index (Phi) is 6.80. The lowest BCUT2D eigenvalue weighted by Crippen LogP contribution is -1.86. The zero-order valence-electron chi connectivity index (χ0n) is 13.4. The minimum Gasteiger partial charge on any atom is -0.242 e. The van der Waals surface area contributed by atoms with Crippen LogP contribution in [-0.2, 0) is 0 Å². The molecular formula is C21H16ClNS2. The van der Waals surface area contributed by atoms with Crippen molar-refractivity contribution < 1.29 is 0 Å². The van der Waals surface area contributed by atoms with Crippen molar-refractivity contribution in [2.45, 2.75) is 9.79 Å². The number of aliphatic imine (C=N–C) groups is 1. The van der Waals surface area contributed by atoms with Crippen molar-refractivity contribution in [3.63, 3.8) is 0 Å². The fourth-order valence-electron chi connectivity index (χ4n) is 2.02. The largest absolute Gasteiger partial charge is 0.242 e. The zero-order chi connectivity index (χ0) is 17.3.